The van der Waals surface area contributed by atoms with Crippen LogP contribution in [0.25, 0.3) is 11.1 Å². The third-order valence-electron chi connectivity index (χ3n) is 6.95. The summed E-state index contributed by atoms with van der Waals surface area (Å²) >= 11 is 0. The number of aliphatic hydroxyl groups excluding tert-OH is 1. The number of hydrogen-bond donors (Lipinski definition) is 2. The number of rotatable bonds is 4. The van der Waals surface area contributed by atoms with E-state index in [1.807, 2.05) is 0 Å². The Morgan fingerprint density at radius 3 is 2.79 bits per heavy atom. The zero-order valence-corrected chi connectivity index (χ0v) is 20.1. The third-order valence-corrected chi connectivity index (χ3v) is 6.95. The quantitative estimate of drug-likeness (QED) is 0.485. The lowest BCUT2D eigenvalue weighted by atomic mass is 9.81. The summed E-state index contributed by atoms with van der Waals surface area (Å²) in [5, 5.41) is 18.6. The Bertz CT molecular complexity index is 1400. The van der Waals surface area contributed by atoms with Gasteiger partial charge in [0, 0.05) is 29.9 Å². The summed E-state index contributed by atoms with van der Waals surface area (Å²) in [7, 11) is 0. The van der Waals surface area contributed by atoms with Gasteiger partial charge in [0.15, 0.2) is 11.4 Å². The summed E-state index contributed by atoms with van der Waals surface area (Å²) in [6.45, 7) is 1.72. The summed E-state index contributed by atoms with van der Waals surface area (Å²) < 4.78 is 75.2. The van der Waals surface area contributed by atoms with Crippen molar-refractivity contribution < 1.29 is 36.6 Å². The molecular formula is C26H23F5N4O3. The number of nitrogens with one attached hydrogen (secondary N) is 1. The van der Waals surface area contributed by atoms with Gasteiger partial charge in [0.1, 0.15) is 5.82 Å². The first-order valence-electron chi connectivity index (χ1n) is 11.8. The number of anilines is 2. The van der Waals surface area contributed by atoms with Crippen LogP contribution in [0.2, 0.25) is 0 Å². The number of hydrogen-bond acceptors (Lipinski definition) is 6. The first-order valence-corrected chi connectivity index (χ1v) is 11.8. The van der Waals surface area contributed by atoms with Crippen LogP contribution in [0.3, 0.4) is 0 Å². The van der Waals surface area contributed by atoms with E-state index in [0.29, 0.717) is 36.0 Å². The van der Waals surface area contributed by atoms with Crippen molar-refractivity contribution >= 4 is 17.3 Å². The van der Waals surface area contributed by atoms with Crippen LogP contribution < -0.4 is 10.2 Å². The monoisotopic (exact) mass is 534 g/mol. The molecule has 0 radical (unpaired) electrons. The van der Waals surface area contributed by atoms with E-state index in [-0.39, 0.29) is 29.8 Å². The normalized spacial score (nSPS) is 21.0. The highest BCUT2D eigenvalue weighted by Crippen LogP contribution is 2.43. The molecule has 0 bridgehead atoms. The molecule has 12 heteroatoms. The molecule has 7 nitrogen and oxygen atoms in total. The number of fused-ring (bicyclic) bond motifs is 3. The van der Waals surface area contributed by atoms with Crippen molar-refractivity contribution in [1.29, 1.82) is 0 Å². The number of ether oxygens (including phenoxy) is 1. The van der Waals surface area contributed by atoms with E-state index in [2.05, 4.69) is 15.5 Å². The van der Waals surface area contributed by atoms with Crippen LogP contribution in [0.4, 0.5) is 33.3 Å². The zero-order valence-electron chi connectivity index (χ0n) is 20.1. The van der Waals surface area contributed by atoms with E-state index >= 15 is 8.78 Å². The summed E-state index contributed by atoms with van der Waals surface area (Å²) in [5.74, 6) is -1.45. The SMILES string of the molecule is Cc1ccc(NC(=O)c2cnnc(C(F)(F)F)c2)cc1-c1cc(F)c2c(c1)N1CCOC[C@@H]1[C@](F)(CO)C2. The van der Waals surface area contributed by atoms with Crippen LogP contribution in [-0.2, 0) is 17.3 Å². The molecule has 200 valence electrons. The lowest BCUT2D eigenvalue weighted by Gasteiger charge is -2.48. The van der Waals surface area contributed by atoms with Crippen molar-refractivity contribution in [2.45, 2.75) is 31.2 Å². The lowest BCUT2D eigenvalue weighted by Crippen LogP contribution is -2.62. The minimum atomic E-state index is -4.75. The highest BCUT2D eigenvalue weighted by Gasteiger charge is 2.49. The molecule has 2 N–H and O–H groups in total. The fourth-order valence-electron chi connectivity index (χ4n) is 4.95. The molecule has 5 rings (SSSR count). The molecule has 1 amide bonds. The second-order valence-electron chi connectivity index (χ2n) is 9.42. The average Bonchev–Trinajstić information content (AvgIpc) is 2.90. The molecule has 2 aliphatic rings. The lowest BCUT2D eigenvalue weighted by molar-refractivity contribution is -0.141. The first-order chi connectivity index (χ1) is 18.0. The van der Waals surface area contributed by atoms with E-state index in [1.165, 1.54) is 6.07 Å². The maximum atomic E-state index is 15.5. The number of carbonyl (C=O) groups is 1. The minimum Gasteiger partial charge on any atom is -0.393 e. The fourth-order valence-corrected chi connectivity index (χ4v) is 4.95. The van der Waals surface area contributed by atoms with Gasteiger partial charge in [-0.1, -0.05) is 6.07 Å². The number of aromatic nitrogens is 2. The number of halogens is 5. The van der Waals surface area contributed by atoms with Gasteiger partial charge in [-0.3, -0.25) is 4.79 Å². The van der Waals surface area contributed by atoms with Crippen LogP contribution in [0.1, 0.15) is 27.2 Å². The number of alkyl halides is 4. The molecular weight excluding hydrogens is 511 g/mol. The largest absolute Gasteiger partial charge is 0.435 e. The van der Waals surface area contributed by atoms with Crippen molar-refractivity contribution in [2.75, 3.05) is 36.6 Å². The average molecular weight is 534 g/mol. The van der Waals surface area contributed by atoms with Crippen LogP contribution in [0.15, 0.2) is 42.6 Å². The van der Waals surface area contributed by atoms with E-state index in [4.69, 9.17) is 4.74 Å². The molecule has 2 atom stereocenters. The van der Waals surface area contributed by atoms with Gasteiger partial charge in [0.25, 0.3) is 5.91 Å². The number of nitrogens with zero attached hydrogens (tertiary/aromatic N) is 3. The molecule has 1 saturated heterocycles. The van der Waals surface area contributed by atoms with Gasteiger partial charge < -0.3 is 20.1 Å². The Morgan fingerprint density at radius 1 is 1.26 bits per heavy atom. The Balaban J connectivity index is 1.48. The Morgan fingerprint density at radius 2 is 2.05 bits per heavy atom. The van der Waals surface area contributed by atoms with Gasteiger partial charge in [-0.2, -0.15) is 18.3 Å². The van der Waals surface area contributed by atoms with Gasteiger partial charge in [0.2, 0.25) is 0 Å². The minimum absolute atomic E-state index is 0.0583. The predicted octanol–water partition coefficient (Wildman–Crippen LogP) is 4.32. The number of morpholine rings is 1. The van der Waals surface area contributed by atoms with Crippen molar-refractivity contribution in [3.63, 3.8) is 0 Å². The third kappa shape index (κ3) is 4.69. The predicted molar refractivity (Wildman–Crippen MR) is 128 cm³/mol. The van der Waals surface area contributed by atoms with Crippen molar-refractivity contribution in [3.8, 4) is 11.1 Å². The molecule has 3 heterocycles. The molecule has 0 spiro atoms. The summed E-state index contributed by atoms with van der Waals surface area (Å²) in [6, 6.07) is 7.68. The Labute approximate surface area is 214 Å². The summed E-state index contributed by atoms with van der Waals surface area (Å²) in [5.41, 5.74) is -0.946. The molecule has 3 aromatic rings. The van der Waals surface area contributed by atoms with Crippen molar-refractivity contribution in [2.24, 2.45) is 0 Å². The highest BCUT2D eigenvalue weighted by molar-refractivity contribution is 6.04. The molecule has 0 aliphatic carbocycles. The van der Waals surface area contributed by atoms with Crippen LogP contribution in [0, 0.1) is 12.7 Å². The second kappa shape index (κ2) is 9.59. The van der Waals surface area contributed by atoms with Gasteiger partial charge in [0.05, 0.1) is 37.6 Å². The van der Waals surface area contributed by atoms with Crippen molar-refractivity contribution in [1.82, 2.24) is 10.2 Å². The second-order valence-corrected chi connectivity index (χ2v) is 9.42. The van der Waals surface area contributed by atoms with E-state index in [9.17, 15) is 23.1 Å². The fraction of sp³-hybridized carbons (Fsp3) is 0.346. The number of aliphatic hydroxyl groups is 1. The molecule has 1 aromatic heterocycles. The van der Waals surface area contributed by atoms with Gasteiger partial charge in [-0.25, -0.2) is 8.78 Å². The summed E-state index contributed by atoms with van der Waals surface area (Å²) in [6.07, 6.45) is -4.13. The molecule has 1 fully saturated rings. The van der Waals surface area contributed by atoms with Gasteiger partial charge >= 0.3 is 6.18 Å². The van der Waals surface area contributed by atoms with Crippen LogP contribution in [0.5, 0.6) is 0 Å². The summed E-state index contributed by atoms with van der Waals surface area (Å²) in [4.78, 5) is 14.4. The molecule has 0 unspecified atom stereocenters. The van der Waals surface area contributed by atoms with Gasteiger partial charge in [-0.05, 0) is 53.9 Å². The number of aryl methyl sites for hydroxylation is 1. The maximum absolute atomic E-state index is 15.5. The number of benzene rings is 2. The van der Waals surface area contributed by atoms with Gasteiger partial charge in [-0.15, -0.1) is 5.10 Å². The standard InChI is InChI=1S/C26H23F5N4O3/c1-14-2-3-17(33-24(37)16-8-22(26(29,30)31)34-32-11-16)9-18(14)15-6-20(27)19-10-25(28,13-36)23-12-38-5-4-35(23)21(19)7-15/h2-3,6-9,11,23,36H,4-5,10,12-13H2,1H3,(H,33,37)/t23-,25-/m1/s1. The molecule has 38 heavy (non-hydrogen) atoms. The zero-order chi connectivity index (χ0) is 27.2. The van der Waals surface area contributed by atoms with Crippen molar-refractivity contribution in [3.05, 3.63) is 70.8 Å². The smallest absolute Gasteiger partial charge is 0.393 e. The molecule has 2 aliphatic heterocycles. The number of amides is 1. The highest BCUT2D eigenvalue weighted by atomic mass is 19.4. The topological polar surface area (TPSA) is 87.6 Å². The van der Waals surface area contributed by atoms with Crippen LogP contribution in [-0.4, -0.2) is 59.3 Å². The molecule has 0 saturated carbocycles. The molecule has 2 aromatic carbocycles. The van der Waals surface area contributed by atoms with E-state index in [1.54, 1.807) is 36.1 Å². The van der Waals surface area contributed by atoms with E-state index in [0.717, 1.165) is 11.8 Å². The van der Waals surface area contributed by atoms with E-state index < -0.39 is 41.9 Å². The maximum Gasteiger partial charge on any atom is 0.435 e. The van der Waals surface area contributed by atoms with Crippen LogP contribution >= 0.6 is 0 Å². The number of carbonyl (C=O) groups excluding carboxylic acids is 1. The first kappa shape index (κ1) is 26.0. The Hall–Kier alpha value is -3.64. The Kier molecular flexibility index (Phi) is 6.56.